The summed E-state index contributed by atoms with van der Waals surface area (Å²) in [6.45, 7) is 6.83. The SMILES string of the molecule is CCc1nc(CN2CCN(C(=O)c3ccc(S(=O)(=O)CC)cc3)CC2)no1. The van der Waals surface area contributed by atoms with Crippen molar-refractivity contribution in [3.8, 4) is 0 Å². The largest absolute Gasteiger partial charge is 0.339 e. The van der Waals surface area contributed by atoms with Gasteiger partial charge in [0.05, 0.1) is 17.2 Å². The zero-order valence-corrected chi connectivity index (χ0v) is 16.4. The molecule has 1 amide bonds. The number of rotatable bonds is 6. The highest BCUT2D eigenvalue weighted by Crippen LogP contribution is 2.15. The number of carbonyl (C=O) groups excluding carboxylic acids is 1. The van der Waals surface area contributed by atoms with Gasteiger partial charge in [0.15, 0.2) is 15.7 Å². The third-order valence-corrected chi connectivity index (χ3v) is 6.43. The van der Waals surface area contributed by atoms with Crippen LogP contribution in [0.15, 0.2) is 33.7 Å². The highest BCUT2D eigenvalue weighted by atomic mass is 32.2. The molecular weight excluding hydrogens is 368 g/mol. The molecule has 0 atom stereocenters. The molecule has 27 heavy (non-hydrogen) atoms. The number of benzene rings is 1. The van der Waals surface area contributed by atoms with Crippen LogP contribution in [-0.2, 0) is 22.8 Å². The molecule has 0 bridgehead atoms. The summed E-state index contributed by atoms with van der Waals surface area (Å²) in [7, 11) is -3.25. The van der Waals surface area contributed by atoms with Crippen LogP contribution in [0.4, 0.5) is 0 Å². The van der Waals surface area contributed by atoms with Crippen molar-refractivity contribution in [1.29, 1.82) is 0 Å². The second-order valence-electron chi connectivity index (χ2n) is 6.45. The van der Waals surface area contributed by atoms with Crippen molar-refractivity contribution in [1.82, 2.24) is 19.9 Å². The van der Waals surface area contributed by atoms with Crippen LogP contribution in [0.3, 0.4) is 0 Å². The van der Waals surface area contributed by atoms with Gasteiger partial charge in [-0.05, 0) is 24.3 Å². The van der Waals surface area contributed by atoms with E-state index in [0.717, 1.165) is 13.1 Å². The molecule has 146 valence electrons. The fourth-order valence-corrected chi connectivity index (χ4v) is 3.85. The second-order valence-corrected chi connectivity index (χ2v) is 8.73. The molecule has 1 aliphatic heterocycles. The average molecular weight is 392 g/mol. The molecule has 0 saturated carbocycles. The molecule has 0 N–H and O–H groups in total. The van der Waals surface area contributed by atoms with E-state index in [4.69, 9.17) is 4.52 Å². The summed E-state index contributed by atoms with van der Waals surface area (Å²) < 4.78 is 28.9. The topological polar surface area (TPSA) is 96.6 Å². The maximum atomic E-state index is 12.7. The quantitative estimate of drug-likeness (QED) is 0.733. The van der Waals surface area contributed by atoms with Crippen LogP contribution < -0.4 is 0 Å². The third-order valence-electron chi connectivity index (χ3n) is 4.68. The Morgan fingerprint density at radius 2 is 1.78 bits per heavy atom. The van der Waals surface area contributed by atoms with Gasteiger partial charge in [-0.15, -0.1) is 0 Å². The molecule has 2 heterocycles. The molecule has 3 rings (SSSR count). The first kappa shape index (κ1) is 19.5. The molecule has 1 aromatic carbocycles. The van der Waals surface area contributed by atoms with Gasteiger partial charge in [0.25, 0.3) is 5.91 Å². The smallest absolute Gasteiger partial charge is 0.253 e. The molecule has 8 nitrogen and oxygen atoms in total. The second kappa shape index (κ2) is 8.18. The summed E-state index contributed by atoms with van der Waals surface area (Å²) in [5, 5.41) is 3.96. The zero-order valence-electron chi connectivity index (χ0n) is 15.6. The van der Waals surface area contributed by atoms with Crippen molar-refractivity contribution in [2.24, 2.45) is 0 Å². The van der Waals surface area contributed by atoms with Crippen LogP contribution in [0.5, 0.6) is 0 Å². The fourth-order valence-electron chi connectivity index (χ4n) is 2.96. The van der Waals surface area contributed by atoms with Gasteiger partial charge in [-0.25, -0.2) is 8.42 Å². The van der Waals surface area contributed by atoms with Crippen LogP contribution in [0.1, 0.15) is 35.9 Å². The molecular formula is C18H24N4O4S. The van der Waals surface area contributed by atoms with E-state index in [1.54, 1.807) is 24.0 Å². The van der Waals surface area contributed by atoms with E-state index in [-0.39, 0.29) is 16.6 Å². The monoisotopic (exact) mass is 392 g/mol. The molecule has 0 aliphatic carbocycles. The highest BCUT2D eigenvalue weighted by molar-refractivity contribution is 7.91. The molecule has 0 unspecified atom stereocenters. The van der Waals surface area contributed by atoms with E-state index in [2.05, 4.69) is 15.0 Å². The minimum atomic E-state index is -3.25. The number of aryl methyl sites for hydroxylation is 1. The lowest BCUT2D eigenvalue weighted by Crippen LogP contribution is -2.48. The van der Waals surface area contributed by atoms with Crippen molar-refractivity contribution in [3.63, 3.8) is 0 Å². The molecule has 0 spiro atoms. The van der Waals surface area contributed by atoms with E-state index in [0.29, 0.717) is 43.3 Å². The average Bonchev–Trinajstić information content (AvgIpc) is 3.15. The molecule has 9 heteroatoms. The molecule has 1 saturated heterocycles. The summed E-state index contributed by atoms with van der Waals surface area (Å²) >= 11 is 0. The Balaban J connectivity index is 1.56. The Kier molecular flexibility index (Phi) is 5.91. The van der Waals surface area contributed by atoms with Crippen molar-refractivity contribution >= 4 is 15.7 Å². The van der Waals surface area contributed by atoms with Crippen molar-refractivity contribution in [3.05, 3.63) is 41.5 Å². The number of nitrogens with zero attached hydrogens (tertiary/aromatic N) is 4. The van der Waals surface area contributed by atoms with E-state index in [1.807, 2.05) is 6.92 Å². The number of hydrogen-bond acceptors (Lipinski definition) is 7. The normalized spacial score (nSPS) is 15.9. The van der Waals surface area contributed by atoms with Crippen LogP contribution in [0.25, 0.3) is 0 Å². The molecule has 0 radical (unpaired) electrons. The van der Waals surface area contributed by atoms with Gasteiger partial charge in [-0.1, -0.05) is 19.0 Å². The first-order valence-electron chi connectivity index (χ1n) is 9.09. The minimum Gasteiger partial charge on any atom is -0.339 e. The van der Waals surface area contributed by atoms with Crippen LogP contribution in [0, 0.1) is 0 Å². The number of sulfone groups is 1. The summed E-state index contributed by atoms with van der Waals surface area (Å²) in [6, 6.07) is 6.18. The van der Waals surface area contributed by atoms with Crippen LogP contribution in [-0.4, -0.2) is 66.2 Å². The molecule has 1 fully saturated rings. The lowest BCUT2D eigenvalue weighted by molar-refractivity contribution is 0.0624. The summed E-state index contributed by atoms with van der Waals surface area (Å²) in [4.78, 5) is 21.2. The third kappa shape index (κ3) is 4.54. The van der Waals surface area contributed by atoms with Gasteiger partial charge in [0, 0.05) is 38.2 Å². The van der Waals surface area contributed by atoms with Gasteiger partial charge >= 0.3 is 0 Å². The Labute approximate surface area is 159 Å². The van der Waals surface area contributed by atoms with Crippen LogP contribution >= 0.6 is 0 Å². The predicted octanol–water partition coefficient (Wildman–Crippen LogP) is 1.38. The van der Waals surface area contributed by atoms with Gasteiger partial charge in [-0.2, -0.15) is 4.98 Å². The molecule has 1 aromatic heterocycles. The van der Waals surface area contributed by atoms with Gasteiger partial charge in [0.2, 0.25) is 5.89 Å². The number of carbonyl (C=O) groups is 1. The van der Waals surface area contributed by atoms with Crippen molar-refractivity contribution in [2.45, 2.75) is 31.7 Å². The Morgan fingerprint density at radius 3 is 2.33 bits per heavy atom. The predicted molar refractivity (Wildman–Crippen MR) is 99.0 cm³/mol. The summed E-state index contributed by atoms with van der Waals surface area (Å²) in [5.74, 6) is 1.26. The number of aromatic nitrogens is 2. The van der Waals surface area contributed by atoms with Gasteiger partial charge in [0.1, 0.15) is 0 Å². The standard InChI is InChI=1S/C18H24N4O4S/c1-3-17-19-16(20-26-17)13-21-9-11-22(12-10-21)18(23)14-5-7-15(8-6-14)27(24,25)4-2/h5-8H,3-4,9-13H2,1-2H3. The maximum absolute atomic E-state index is 12.7. The number of hydrogen-bond donors (Lipinski definition) is 0. The van der Waals surface area contributed by atoms with E-state index in [9.17, 15) is 13.2 Å². The van der Waals surface area contributed by atoms with Gasteiger partial charge in [-0.3, -0.25) is 9.69 Å². The lowest BCUT2D eigenvalue weighted by atomic mass is 10.2. The first-order valence-corrected chi connectivity index (χ1v) is 10.7. The Hall–Kier alpha value is -2.26. The molecule has 2 aromatic rings. The lowest BCUT2D eigenvalue weighted by Gasteiger charge is -2.34. The number of piperazine rings is 1. The maximum Gasteiger partial charge on any atom is 0.253 e. The van der Waals surface area contributed by atoms with Crippen LogP contribution in [0.2, 0.25) is 0 Å². The summed E-state index contributed by atoms with van der Waals surface area (Å²) in [5.41, 5.74) is 0.504. The Morgan fingerprint density at radius 1 is 1.11 bits per heavy atom. The zero-order chi connectivity index (χ0) is 19.4. The van der Waals surface area contributed by atoms with Gasteiger partial charge < -0.3 is 9.42 Å². The van der Waals surface area contributed by atoms with E-state index < -0.39 is 9.84 Å². The Bertz CT molecular complexity index is 884. The fraction of sp³-hybridized carbons (Fsp3) is 0.500. The summed E-state index contributed by atoms with van der Waals surface area (Å²) in [6.07, 6.45) is 0.716. The highest BCUT2D eigenvalue weighted by Gasteiger charge is 2.23. The van der Waals surface area contributed by atoms with E-state index in [1.165, 1.54) is 12.1 Å². The molecule has 1 aliphatic rings. The minimum absolute atomic E-state index is 0.0440. The van der Waals surface area contributed by atoms with Crippen molar-refractivity contribution in [2.75, 3.05) is 31.9 Å². The van der Waals surface area contributed by atoms with Crippen molar-refractivity contribution < 1.29 is 17.7 Å². The van der Waals surface area contributed by atoms with E-state index >= 15 is 0 Å². The first-order chi connectivity index (χ1) is 12.9. The number of amides is 1.